The van der Waals surface area contributed by atoms with Gasteiger partial charge in [0.25, 0.3) is 0 Å². The molecule has 0 radical (unpaired) electrons. The summed E-state index contributed by atoms with van der Waals surface area (Å²) in [7, 11) is 0. The molecule has 0 aromatic heterocycles. The van der Waals surface area contributed by atoms with Crippen molar-refractivity contribution in [3.8, 4) is 0 Å². The fourth-order valence-electron chi connectivity index (χ4n) is 3.45. The van der Waals surface area contributed by atoms with Crippen LogP contribution in [0.2, 0.25) is 0 Å². The summed E-state index contributed by atoms with van der Waals surface area (Å²) >= 11 is 0. The molecular formula is C21H21NO6. The second-order valence-electron chi connectivity index (χ2n) is 7.65. The second kappa shape index (κ2) is 7.07. The zero-order chi connectivity index (χ0) is 20.5. The minimum Gasteiger partial charge on any atom is -0.457 e. The number of ether oxygens (including phenoxy) is 2. The summed E-state index contributed by atoms with van der Waals surface area (Å²) in [6.45, 7) is 4.45. The Balaban J connectivity index is 2.25. The Morgan fingerprint density at radius 2 is 1.75 bits per heavy atom. The summed E-state index contributed by atoms with van der Waals surface area (Å²) in [5, 5.41) is 11.5. The zero-order valence-corrected chi connectivity index (χ0v) is 15.9. The van der Waals surface area contributed by atoms with Gasteiger partial charge >= 0.3 is 11.9 Å². The molecule has 7 heteroatoms. The van der Waals surface area contributed by atoms with Gasteiger partial charge in [-0.25, -0.2) is 9.59 Å². The molecule has 2 atom stereocenters. The lowest BCUT2D eigenvalue weighted by molar-refractivity contribution is -0.486. The smallest absolute Gasteiger partial charge is 0.356 e. The Hall–Kier alpha value is -3.22. The number of nitro groups is 1. The van der Waals surface area contributed by atoms with Gasteiger partial charge < -0.3 is 9.47 Å². The van der Waals surface area contributed by atoms with Gasteiger partial charge in [-0.3, -0.25) is 10.1 Å². The maximum atomic E-state index is 13.4. The van der Waals surface area contributed by atoms with Gasteiger partial charge in [0.15, 0.2) is 0 Å². The molecule has 2 aromatic rings. The van der Waals surface area contributed by atoms with E-state index in [4.69, 9.17) is 9.47 Å². The molecule has 0 spiro atoms. The summed E-state index contributed by atoms with van der Waals surface area (Å²) < 4.78 is 11.2. The molecule has 1 aliphatic heterocycles. The minimum absolute atomic E-state index is 0.206. The highest BCUT2D eigenvalue weighted by atomic mass is 16.6. The second-order valence-corrected chi connectivity index (χ2v) is 7.65. The number of rotatable bonds is 5. The van der Waals surface area contributed by atoms with Crippen LogP contribution in [-0.2, 0) is 19.9 Å². The number of benzene rings is 2. The van der Waals surface area contributed by atoms with Crippen LogP contribution in [0.4, 0.5) is 0 Å². The molecule has 0 amide bonds. The quantitative estimate of drug-likeness (QED) is 0.446. The molecule has 0 aliphatic carbocycles. The van der Waals surface area contributed by atoms with Crippen molar-refractivity contribution < 1.29 is 24.0 Å². The number of hydrogen-bond acceptors (Lipinski definition) is 6. The molecule has 0 saturated carbocycles. The lowest BCUT2D eigenvalue weighted by Crippen LogP contribution is -2.48. The van der Waals surface area contributed by atoms with Crippen molar-refractivity contribution in [2.45, 2.75) is 37.9 Å². The lowest BCUT2D eigenvalue weighted by atomic mass is 9.76. The SMILES string of the molecule is CC(C)(C)OC(=O)[C@@]1([C@@H](C[N+](=O)[O-])c2ccccc2)OC(=O)c2ccccc21. The van der Waals surface area contributed by atoms with E-state index in [2.05, 4.69) is 0 Å². The van der Waals surface area contributed by atoms with Crippen LogP contribution in [0.25, 0.3) is 0 Å². The molecule has 0 fully saturated rings. The molecule has 146 valence electrons. The normalized spacial score (nSPS) is 19.5. The summed E-state index contributed by atoms with van der Waals surface area (Å²) in [5.41, 5.74) is -1.81. The number of hydrogen-bond donors (Lipinski definition) is 0. The first-order valence-corrected chi connectivity index (χ1v) is 8.88. The average Bonchev–Trinajstić information content (AvgIpc) is 2.93. The third-order valence-corrected chi connectivity index (χ3v) is 4.53. The van der Waals surface area contributed by atoms with E-state index < -0.39 is 40.5 Å². The Labute approximate surface area is 162 Å². The van der Waals surface area contributed by atoms with Gasteiger partial charge in [0.05, 0.1) is 5.56 Å². The van der Waals surface area contributed by atoms with Gasteiger partial charge in [0.2, 0.25) is 12.1 Å². The minimum atomic E-state index is -1.94. The fourth-order valence-corrected chi connectivity index (χ4v) is 3.45. The van der Waals surface area contributed by atoms with E-state index in [1.807, 2.05) is 0 Å². The highest BCUT2D eigenvalue weighted by molar-refractivity contribution is 6.01. The van der Waals surface area contributed by atoms with Crippen LogP contribution < -0.4 is 0 Å². The highest BCUT2D eigenvalue weighted by Crippen LogP contribution is 2.48. The van der Waals surface area contributed by atoms with E-state index in [0.717, 1.165) is 0 Å². The highest BCUT2D eigenvalue weighted by Gasteiger charge is 2.60. The first-order valence-electron chi connectivity index (χ1n) is 8.88. The Morgan fingerprint density at radius 3 is 2.36 bits per heavy atom. The fraction of sp³-hybridized carbons (Fsp3) is 0.333. The Kier molecular flexibility index (Phi) is 4.93. The van der Waals surface area contributed by atoms with Gasteiger partial charge in [-0.2, -0.15) is 0 Å². The van der Waals surface area contributed by atoms with Crippen LogP contribution in [0.1, 0.15) is 48.2 Å². The van der Waals surface area contributed by atoms with Crippen molar-refractivity contribution in [2.75, 3.05) is 6.54 Å². The molecule has 28 heavy (non-hydrogen) atoms. The molecule has 0 unspecified atom stereocenters. The van der Waals surface area contributed by atoms with Gasteiger partial charge in [0, 0.05) is 10.5 Å². The first-order chi connectivity index (χ1) is 13.1. The number of nitrogens with zero attached hydrogens (tertiary/aromatic N) is 1. The molecule has 1 heterocycles. The van der Waals surface area contributed by atoms with Crippen LogP contribution in [0.3, 0.4) is 0 Å². The lowest BCUT2D eigenvalue weighted by Gasteiger charge is -2.35. The van der Waals surface area contributed by atoms with E-state index in [-0.39, 0.29) is 11.1 Å². The van der Waals surface area contributed by atoms with Crippen molar-refractivity contribution in [2.24, 2.45) is 0 Å². The summed E-state index contributed by atoms with van der Waals surface area (Å²) in [5.74, 6) is -2.58. The molecule has 0 saturated heterocycles. The predicted octanol–water partition coefficient (Wildman–Crippen LogP) is 3.45. The van der Waals surface area contributed by atoms with E-state index in [1.165, 1.54) is 6.07 Å². The van der Waals surface area contributed by atoms with Crippen LogP contribution in [0, 0.1) is 10.1 Å². The number of esters is 2. The Bertz CT molecular complexity index is 918. The summed E-state index contributed by atoms with van der Waals surface area (Å²) in [6, 6.07) is 15.0. The van der Waals surface area contributed by atoms with Crippen LogP contribution >= 0.6 is 0 Å². The molecule has 1 aliphatic rings. The van der Waals surface area contributed by atoms with Gasteiger partial charge in [0.1, 0.15) is 11.5 Å². The first kappa shape index (κ1) is 19.5. The summed E-state index contributed by atoms with van der Waals surface area (Å²) in [4.78, 5) is 36.9. The number of fused-ring (bicyclic) bond motifs is 1. The summed E-state index contributed by atoms with van der Waals surface area (Å²) in [6.07, 6.45) is 0. The van der Waals surface area contributed by atoms with Crippen molar-refractivity contribution in [3.05, 3.63) is 81.4 Å². The van der Waals surface area contributed by atoms with Gasteiger partial charge in [-0.05, 0) is 32.4 Å². The topological polar surface area (TPSA) is 95.7 Å². The van der Waals surface area contributed by atoms with Crippen LogP contribution in [0.5, 0.6) is 0 Å². The van der Waals surface area contributed by atoms with Crippen LogP contribution in [-0.4, -0.2) is 29.0 Å². The van der Waals surface area contributed by atoms with Gasteiger partial charge in [-0.1, -0.05) is 48.5 Å². The van der Waals surface area contributed by atoms with E-state index >= 15 is 0 Å². The van der Waals surface area contributed by atoms with Crippen molar-refractivity contribution >= 4 is 11.9 Å². The number of carbonyl (C=O) groups is 2. The van der Waals surface area contributed by atoms with Gasteiger partial charge in [-0.15, -0.1) is 0 Å². The number of carbonyl (C=O) groups excluding carboxylic acids is 2. The van der Waals surface area contributed by atoms with E-state index in [0.29, 0.717) is 5.56 Å². The maximum absolute atomic E-state index is 13.4. The monoisotopic (exact) mass is 383 g/mol. The molecule has 0 N–H and O–H groups in total. The number of cyclic esters (lactones) is 1. The Morgan fingerprint density at radius 1 is 1.14 bits per heavy atom. The van der Waals surface area contributed by atoms with E-state index in [1.54, 1.807) is 69.3 Å². The predicted molar refractivity (Wildman–Crippen MR) is 100 cm³/mol. The molecule has 3 rings (SSSR count). The third-order valence-electron chi connectivity index (χ3n) is 4.53. The third kappa shape index (κ3) is 3.47. The van der Waals surface area contributed by atoms with E-state index in [9.17, 15) is 19.7 Å². The molecule has 2 aromatic carbocycles. The zero-order valence-electron chi connectivity index (χ0n) is 15.9. The molecule has 7 nitrogen and oxygen atoms in total. The molecular weight excluding hydrogens is 362 g/mol. The largest absolute Gasteiger partial charge is 0.457 e. The standard InChI is InChI=1S/C21H21NO6/c1-20(2,3)28-19(24)21(16-12-8-7-11-15(16)18(23)27-21)17(13-22(25)26)14-9-5-4-6-10-14/h4-12,17H,13H2,1-3H3/t17-,21+/m0/s1. The van der Waals surface area contributed by atoms with Crippen LogP contribution in [0.15, 0.2) is 54.6 Å². The maximum Gasteiger partial charge on any atom is 0.356 e. The van der Waals surface area contributed by atoms with Crippen molar-refractivity contribution in [1.82, 2.24) is 0 Å². The average molecular weight is 383 g/mol. The van der Waals surface area contributed by atoms with Crippen molar-refractivity contribution in [3.63, 3.8) is 0 Å². The van der Waals surface area contributed by atoms with Crippen molar-refractivity contribution in [1.29, 1.82) is 0 Å². The molecule has 0 bridgehead atoms.